The number of hydrazine groups is 1. The SMILES string of the molecule is COCCC(C)(C)CNC(=O)C(=O)NN. The van der Waals surface area contributed by atoms with Gasteiger partial charge in [-0.1, -0.05) is 13.8 Å². The van der Waals surface area contributed by atoms with E-state index in [0.29, 0.717) is 13.2 Å². The molecule has 0 unspecified atom stereocenters. The van der Waals surface area contributed by atoms with E-state index >= 15 is 0 Å². The van der Waals surface area contributed by atoms with Crippen molar-refractivity contribution in [2.75, 3.05) is 20.3 Å². The first-order valence-corrected chi connectivity index (χ1v) is 4.70. The van der Waals surface area contributed by atoms with Crippen LogP contribution in [-0.2, 0) is 14.3 Å². The van der Waals surface area contributed by atoms with Gasteiger partial charge in [0, 0.05) is 20.3 Å². The van der Waals surface area contributed by atoms with Gasteiger partial charge in [0.25, 0.3) is 0 Å². The molecule has 15 heavy (non-hydrogen) atoms. The molecule has 88 valence electrons. The zero-order valence-electron chi connectivity index (χ0n) is 9.42. The van der Waals surface area contributed by atoms with E-state index < -0.39 is 11.8 Å². The van der Waals surface area contributed by atoms with E-state index in [2.05, 4.69) is 5.32 Å². The molecule has 0 bridgehead atoms. The van der Waals surface area contributed by atoms with Crippen molar-refractivity contribution in [1.29, 1.82) is 0 Å². The third-order valence-electron chi connectivity index (χ3n) is 2.05. The van der Waals surface area contributed by atoms with Crippen LogP contribution in [0.3, 0.4) is 0 Å². The smallest absolute Gasteiger partial charge is 0.323 e. The Kier molecular flexibility index (Phi) is 5.88. The third-order valence-corrected chi connectivity index (χ3v) is 2.05. The van der Waals surface area contributed by atoms with Crippen LogP contribution < -0.4 is 16.6 Å². The fraction of sp³-hybridized carbons (Fsp3) is 0.778. The van der Waals surface area contributed by atoms with Gasteiger partial charge in [0.15, 0.2) is 0 Å². The number of hydrogen-bond acceptors (Lipinski definition) is 4. The molecule has 0 heterocycles. The number of nitrogens with two attached hydrogens (primary N) is 1. The molecule has 0 radical (unpaired) electrons. The van der Waals surface area contributed by atoms with Crippen LogP contribution in [0.1, 0.15) is 20.3 Å². The molecule has 6 nitrogen and oxygen atoms in total. The van der Waals surface area contributed by atoms with Crippen LogP contribution in [0.25, 0.3) is 0 Å². The largest absolute Gasteiger partial charge is 0.385 e. The van der Waals surface area contributed by atoms with Crippen molar-refractivity contribution in [2.45, 2.75) is 20.3 Å². The number of ether oxygens (including phenoxy) is 1. The number of amides is 2. The van der Waals surface area contributed by atoms with Crippen molar-refractivity contribution in [2.24, 2.45) is 11.3 Å². The molecule has 2 amide bonds. The first kappa shape index (κ1) is 13.9. The molecular weight excluding hydrogens is 198 g/mol. The van der Waals surface area contributed by atoms with E-state index in [-0.39, 0.29) is 5.41 Å². The first-order chi connectivity index (χ1) is 6.93. The fourth-order valence-electron chi connectivity index (χ4n) is 0.932. The zero-order chi connectivity index (χ0) is 11.9. The van der Waals surface area contributed by atoms with Crippen LogP contribution in [0.2, 0.25) is 0 Å². The highest BCUT2D eigenvalue weighted by Gasteiger charge is 2.20. The summed E-state index contributed by atoms with van der Waals surface area (Å²) in [5.41, 5.74) is 1.66. The van der Waals surface area contributed by atoms with Gasteiger partial charge < -0.3 is 10.1 Å². The Hall–Kier alpha value is -1.14. The summed E-state index contributed by atoms with van der Waals surface area (Å²) < 4.78 is 4.94. The molecule has 4 N–H and O–H groups in total. The summed E-state index contributed by atoms with van der Waals surface area (Å²) in [5.74, 6) is 3.26. The number of carbonyl (C=O) groups excluding carboxylic acids is 2. The average Bonchev–Trinajstić information content (AvgIpc) is 2.22. The minimum Gasteiger partial charge on any atom is -0.385 e. The lowest BCUT2D eigenvalue weighted by Crippen LogP contribution is -2.45. The molecule has 0 aliphatic carbocycles. The lowest BCUT2D eigenvalue weighted by atomic mass is 9.90. The van der Waals surface area contributed by atoms with E-state index in [4.69, 9.17) is 10.6 Å². The first-order valence-electron chi connectivity index (χ1n) is 4.70. The molecule has 0 atom stereocenters. The van der Waals surface area contributed by atoms with Gasteiger partial charge in [-0.15, -0.1) is 0 Å². The number of nitrogens with one attached hydrogen (secondary N) is 2. The van der Waals surface area contributed by atoms with Crippen LogP contribution >= 0.6 is 0 Å². The van der Waals surface area contributed by atoms with Gasteiger partial charge in [-0.2, -0.15) is 0 Å². The highest BCUT2D eigenvalue weighted by atomic mass is 16.5. The topological polar surface area (TPSA) is 93.4 Å². The van der Waals surface area contributed by atoms with Crippen molar-refractivity contribution in [3.8, 4) is 0 Å². The Morgan fingerprint density at radius 3 is 2.40 bits per heavy atom. The average molecular weight is 217 g/mol. The highest BCUT2D eigenvalue weighted by Crippen LogP contribution is 2.18. The predicted octanol–water partition coefficient (Wildman–Crippen LogP) is -0.845. The summed E-state index contributed by atoms with van der Waals surface area (Å²) in [6, 6.07) is 0. The Morgan fingerprint density at radius 2 is 1.93 bits per heavy atom. The maximum Gasteiger partial charge on any atom is 0.323 e. The van der Waals surface area contributed by atoms with Gasteiger partial charge in [-0.05, 0) is 11.8 Å². The third kappa shape index (κ3) is 6.03. The summed E-state index contributed by atoms with van der Waals surface area (Å²) >= 11 is 0. The maximum absolute atomic E-state index is 11.1. The molecule has 0 rings (SSSR count). The number of methoxy groups -OCH3 is 1. The van der Waals surface area contributed by atoms with Gasteiger partial charge >= 0.3 is 11.8 Å². The van der Waals surface area contributed by atoms with Crippen LogP contribution in [0.15, 0.2) is 0 Å². The molecule has 0 spiro atoms. The lowest BCUT2D eigenvalue weighted by molar-refractivity contribution is -0.139. The van der Waals surface area contributed by atoms with E-state index in [0.717, 1.165) is 6.42 Å². The molecule has 0 aromatic rings. The molecule has 6 heteroatoms. The molecule has 0 aliphatic heterocycles. The van der Waals surface area contributed by atoms with E-state index in [1.165, 1.54) is 0 Å². The Labute approximate surface area is 89.5 Å². The molecule has 0 saturated carbocycles. The second kappa shape index (κ2) is 6.36. The van der Waals surface area contributed by atoms with Crippen molar-refractivity contribution < 1.29 is 14.3 Å². The lowest BCUT2D eigenvalue weighted by Gasteiger charge is -2.24. The number of hydrogen-bond donors (Lipinski definition) is 3. The Bertz CT molecular complexity index is 229. The molecule has 0 saturated heterocycles. The van der Waals surface area contributed by atoms with Gasteiger partial charge in [0.2, 0.25) is 0 Å². The normalized spacial score (nSPS) is 10.9. The molecule has 0 aromatic carbocycles. The number of carbonyl (C=O) groups is 2. The quantitative estimate of drug-likeness (QED) is 0.242. The van der Waals surface area contributed by atoms with E-state index in [1.807, 2.05) is 13.8 Å². The monoisotopic (exact) mass is 217 g/mol. The van der Waals surface area contributed by atoms with Gasteiger partial charge in [0.1, 0.15) is 0 Å². The highest BCUT2D eigenvalue weighted by molar-refractivity contribution is 6.34. The molecular formula is C9H19N3O3. The van der Waals surface area contributed by atoms with Gasteiger partial charge in [-0.3, -0.25) is 15.0 Å². The van der Waals surface area contributed by atoms with Crippen LogP contribution in [0, 0.1) is 5.41 Å². The second-order valence-electron chi connectivity index (χ2n) is 4.06. The van der Waals surface area contributed by atoms with Crippen molar-refractivity contribution in [1.82, 2.24) is 10.7 Å². The van der Waals surface area contributed by atoms with Gasteiger partial charge in [0.05, 0.1) is 0 Å². The minimum absolute atomic E-state index is 0.111. The summed E-state index contributed by atoms with van der Waals surface area (Å²) in [4.78, 5) is 21.8. The van der Waals surface area contributed by atoms with E-state index in [9.17, 15) is 9.59 Å². The molecule has 0 aliphatic rings. The summed E-state index contributed by atoms with van der Waals surface area (Å²) in [7, 11) is 1.62. The summed E-state index contributed by atoms with van der Waals surface area (Å²) in [5, 5.41) is 2.50. The Morgan fingerprint density at radius 1 is 1.33 bits per heavy atom. The molecule has 0 aromatic heterocycles. The van der Waals surface area contributed by atoms with E-state index in [1.54, 1.807) is 12.5 Å². The summed E-state index contributed by atoms with van der Waals surface area (Å²) in [6.07, 6.45) is 0.800. The predicted molar refractivity (Wildman–Crippen MR) is 55.6 cm³/mol. The van der Waals surface area contributed by atoms with Crippen molar-refractivity contribution >= 4 is 11.8 Å². The number of rotatable bonds is 5. The van der Waals surface area contributed by atoms with Crippen LogP contribution in [0.4, 0.5) is 0 Å². The minimum atomic E-state index is -0.836. The van der Waals surface area contributed by atoms with Crippen LogP contribution in [-0.4, -0.2) is 32.1 Å². The Balaban J connectivity index is 3.92. The zero-order valence-corrected chi connectivity index (χ0v) is 9.42. The second-order valence-corrected chi connectivity index (χ2v) is 4.06. The maximum atomic E-state index is 11.1. The van der Waals surface area contributed by atoms with Crippen molar-refractivity contribution in [3.05, 3.63) is 0 Å². The standard InChI is InChI=1S/C9H19N3O3/c1-9(2,4-5-15-3)6-11-7(13)8(14)12-10/h4-6,10H2,1-3H3,(H,11,13)(H,12,14). The fourth-order valence-corrected chi connectivity index (χ4v) is 0.932. The summed E-state index contributed by atoms with van der Waals surface area (Å²) in [6.45, 7) is 4.98. The van der Waals surface area contributed by atoms with Crippen molar-refractivity contribution in [3.63, 3.8) is 0 Å². The molecule has 0 fully saturated rings. The van der Waals surface area contributed by atoms with Gasteiger partial charge in [-0.25, -0.2) is 5.84 Å². The van der Waals surface area contributed by atoms with Crippen LogP contribution in [0.5, 0.6) is 0 Å².